The van der Waals surface area contributed by atoms with E-state index in [0.29, 0.717) is 18.0 Å². The highest BCUT2D eigenvalue weighted by Crippen LogP contribution is 2.29. The monoisotopic (exact) mass is 473 g/mol. The van der Waals surface area contributed by atoms with E-state index in [9.17, 15) is 9.59 Å². The smallest absolute Gasteiger partial charge is 0.264 e. The molecule has 4 rings (SSSR count). The summed E-state index contributed by atoms with van der Waals surface area (Å²) >= 11 is 5.24. The van der Waals surface area contributed by atoms with Crippen molar-refractivity contribution in [2.45, 2.75) is 32.7 Å². The largest absolute Gasteiger partial charge is 0.484 e. The van der Waals surface area contributed by atoms with Gasteiger partial charge in [0.2, 0.25) is 0 Å². The van der Waals surface area contributed by atoms with Crippen LogP contribution < -0.4 is 20.3 Å². The molecule has 174 valence electrons. The van der Waals surface area contributed by atoms with Gasteiger partial charge in [-0.15, -0.1) is 0 Å². The number of hydrogen-bond acceptors (Lipinski definition) is 4. The summed E-state index contributed by atoms with van der Waals surface area (Å²) in [5, 5.41) is 5.77. The molecule has 2 N–H and O–H groups in total. The van der Waals surface area contributed by atoms with Gasteiger partial charge < -0.3 is 15.0 Å². The van der Waals surface area contributed by atoms with Crippen LogP contribution in [0.15, 0.2) is 72.8 Å². The fraction of sp³-hybridized carbons (Fsp3) is 0.222. The van der Waals surface area contributed by atoms with Gasteiger partial charge in [-0.2, -0.15) is 0 Å². The maximum absolute atomic E-state index is 12.6. The number of rotatable bonds is 5. The summed E-state index contributed by atoms with van der Waals surface area (Å²) < 4.78 is 5.56. The number of carbonyl (C=O) groups is 2. The first-order valence-corrected chi connectivity index (χ1v) is 11.5. The third-order valence-corrected chi connectivity index (χ3v) is 5.81. The molecule has 3 aromatic carbocycles. The second kappa shape index (κ2) is 9.65. The minimum atomic E-state index is -0.352. The molecule has 0 radical (unpaired) electrons. The number of benzene rings is 3. The SMILES string of the molecule is CC(C)(C)c1ccc(OCC(=O)NC(=S)Nc2ccc(N3Cc4ccccc4C3=O)cc2)cc1. The van der Waals surface area contributed by atoms with Crippen LogP contribution in [-0.4, -0.2) is 23.5 Å². The highest BCUT2D eigenvalue weighted by Gasteiger charge is 2.27. The van der Waals surface area contributed by atoms with Crippen molar-refractivity contribution in [1.82, 2.24) is 5.32 Å². The average Bonchev–Trinajstić information content (AvgIpc) is 3.14. The van der Waals surface area contributed by atoms with Gasteiger partial charge in [-0.3, -0.25) is 14.9 Å². The van der Waals surface area contributed by atoms with Crippen molar-refractivity contribution in [3.05, 3.63) is 89.5 Å². The Morgan fingerprint density at radius 1 is 1.00 bits per heavy atom. The van der Waals surface area contributed by atoms with Crippen molar-refractivity contribution in [2.75, 3.05) is 16.8 Å². The lowest BCUT2D eigenvalue weighted by atomic mass is 9.87. The molecular weight excluding hydrogens is 446 g/mol. The molecule has 1 aliphatic rings. The molecule has 0 bridgehead atoms. The van der Waals surface area contributed by atoms with E-state index in [1.165, 1.54) is 5.56 Å². The normalized spacial score (nSPS) is 12.8. The molecule has 0 saturated carbocycles. The molecule has 0 spiro atoms. The lowest BCUT2D eigenvalue weighted by Crippen LogP contribution is -2.37. The van der Waals surface area contributed by atoms with Crippen LogP contribution in [0.25, 0.3) is 0 Å². The summed E-state index contributed by atoms with van der Waals surface area (Å²) in [4.78, 5) is 26.6. The van der Waals surface area contributed by atoms with Crippen LogP contribution in [0, 0.1) is 0 Å². The topological polar surface area (TPSA) is 70.7 Å². The lowest BCUT2D eigenvalue weighted by molar-refractivity contribution is -0.121. The van der Waals surface area contributed by atoms with Crippen molar-refractivity contribution in [3.8, 4) is 5.75 Å². The summed E-state index contributed by atoms with van der Waals surface area (Å²) in [6.45, 7) is 6.83. The predicted octanol–water partition coefficient (Wildman–Crippen LogP) is 5.04. The molecule has 0 aliphatic carbocycles. The third kappa shape index (κ3) is 5.43. The summed E-state index contributed by atoms with van der Waals surface area (Å²) in [5.74, 6) is 0.262. The number of carbonyl (C=O) groups excluding carboxylic acids is 2. The molecule has 2 amide bonds. The highest BCUT2D eigenvalue weighted by molar-refractivity contribution is 7.80. The summed E-state index contributed by atoms with van der Waals surface area (Å²) in [6.07, 6.45) is 0. The zero-order chi connectivity index (χ0) is 24.3. The molecule has 0 aromatic heterocycles. The van der Waals surface area contributed by atoms with Crippen LogP contribution in [0.4, 0.5) is 11.4 Å². The first-order chi connectivity index (χ1) is 16.2. The van der Waals surface area contributed by atoms with Crippen LogP contribution in [0.5, 0.6) is 5.75 Å². The lowest BCUT2D eigenvalue weighted by Gasteiger charge is -2.19. The van der Waals surface area contributed by atoms with Crippen LogP contribution in [0.3, 0.4) is 0 Å². The van der Waals surface area contributed by atoms with Crippen molar-refractivity contribution in [3.63, 3.8) is 0 Å². The number of amides is 2. The van der Waals surface area contributed by atoms with Crippen LogP contribution in [0.1, 0.15) is 42.3 Å². The maximum Gasteiger partial charge on any atom is 0.264 e. The quantitative estimate of drug-likeness (QED) is 0.508. The van der Waals surface area contributed by atoms with E-state index in [1.54, 1.807) is 4.90 Å². The number of hydrogen-bond donors (Lipinski definition) is 2. The van der Waals surface area contributed by atoms with Crippen molar-refractivity contribution < 1.29 is 14.3 Å². The van der Waals surface area contributed by atoms with Gasteiger partial charge in [-0.1, -0.05) is 51.1 Å². The molecule has 1 aliphatic heterocycles. The molecule has 3 aromatic rings. The van der Waals surface area contributed by atoms with Gasteiger partial charge in [0.15, 0.2) is 11.7 Å². The maximum atomic E-state index is 12.6. The predicted molar refractivity (Wildman–Crippen MR) is 138 cm³/mol. The molecule has 0 unspecified atom stereocenters. The number of thiocarbonyl (C=S) groups is 1. The van der Waals surface area contributed by atoms with E-state index >= 15 is 0 Å². The van der Waals surface area contributed by atoms with E-state index < -0.39 is 0 Å². The van der Waals surface area contributed by atoms with Gasteiger partial charge in [0, 0.05) is 16.9 Å². The van der Waals surface area contributed by atoms with E-state index in [-0.39, 0.29) is 28.9 Å². The van der Waals surface area contributed by atoms with E-state index in [4.69, 9.17) is 17.0 Å². The first kappa shape index (κ1) is 23.4. The fourth-order valence-electron chi connectivity index (χ4n) is 3.71. The fourth-order valence-corrected chi connectivity index (χ4v) is 3.94. The molecule has 7 heteroatoms. The first-order valence-electron chi connectivity index (χ1n) is 11.0. The minimum Gasteiger partial charge on any atom is -0.484 e. The Hall–Kier alpha value is -3.71. The van der Waals surface area contributed by atoms with Crippen molar-refractivity contribution in [1.29, 1.82) is 0 Å². The highest BCUT2D eigenvalue weighted by atomic mass is 32.1. The molecule has 6 nitrogen and oxygen atoms in total. The second-order valence-corrected chi connectivity index (χ2v) is 9.57. The van der Waals surface area contributed by atoms with Crippen molar-refractivity contribution in [2.24, 2.45) is 0 Å². The van der Waals surface area contributed by atoms with Crippen LogP contribution in [-0.2, 0) is 16.8 Å². The zero-order valence-electron chi connectivity index (χ0n) is 19.4. The number of fused-ring (bicyclic) bond motifs is 1. The standard InChI is InChI=1S/C27H27N3O3S/c1-27(2,3)19-8-14-22(15-9-19)33-17-24(31)29-26(34)28-20-10-12-21(13-11-20)30-16-18-6-4-5-7-23(18)25(30)32/h4-15H,16-17H2,1-3H3,(H2,28,29,31,34). The molecule has 1 heterocycles. The Morgan fingerprint density at radius 3 is 2.32 bits per heavy atom. The molecule has 0 atom stereocenters. The van der Waals surface area contributed by atoms with E-state index in [0.717, 1.165) is 16.8 Å². The van der Waals surface area contributed by atoms with Gasteiger partial charge in [0.25, 0.3) is 11.8 Å². The Balaban J connectivity index is 1.26. The summed E-state index contributed by atoms with van der Waals surface area (Å²) in [6, 6.07) is 22.7. The van der Waals surface area contributed by atoms with E-state index in [1.807, 2.05) is 72.8 Å². The molecule has 34 heavy (non-hydrogen) atoms. The molecular formula is C27H27N3O3S. The number of nitrogens with zero attached hydrogens (tertiary/aromatic N) is 1. The van der Waals surface area contributed by atoms with E-state index in [2.05, 4.69) is 31.4 Å². The molecule has 0 saturated heterocycles. The van der Waals surface area contributed by atoms with Gasteiger partial charge in [0.1, 0.15) is 5.75 Å². The molecule has 0 fully saturated rings. The van der Waals surface area contributed by atoms with Gasteiger partial charge in [-0.05, 0) is 71.2 Å². The van der Waals surface area contributed by atoms with Gasteiger partial charge in [0.05, 0.1) is 6.54 Å². The zero-order valence-corrected chi connectivity index (χ0v) is 20.2. The van der Waals surface area contributed by atoms with Crippen LogP contribution in [0.2, 0.25) is 0 Å². The second-order valence-electron chi connectivity index (χ2n) is 9.16. The van der Waals surface area contributed by atoms with Gasteiger partial charge in [-0.25, -0.2) is 0 Å². The Labute approximate surface area is 204 Å². The van der Waals surface area contributed by atoms with Crippen molar-refractivity contribution >= 4 is 40.5 Å². The third-order valence-electron chi connectivity index (χ3n) is 5.60. The average molecular weight is 474 g/mol. The number of ether oxygens (including phenoxy) is 1. The Kier molecular flexibility index (Phi) is 6.65. The minimum absolute atomic E-state index is 0.00728. The number of anilines is 2. The summed E-state index contributed by atoms with van der Waals surface area (Å²) in [7, 11) is 0. The van der Waals surface area contributed by atoms with Gasteiger partial charge >= 0.3 is 0 Å². The Morgan fingerprint density at radius 2 is 1.68 bits per heavy atom. The van der Waals surface area contributed by atoms with Crippen LogP contribution >= 0.6 is 12.2 Å². The number of nitrogens with one attached hydrogen (secondary N) is 2. The Bertz CT molecular complexity index is 1220. The summed E-state index contributed by atoms with van der Waals surface area (Å²) in [5.41, 5.74) is 4.51.